The predicted molar refractivity (Wildman–Crippen MR) is 102 cm³/mol. The summed E-state index contributed by atoms with van der Waals surface area (Å²) in [5.41, 5.74) is 1.67. The summed E-state index contributed by atoms with van der Waals surface area (Å²) >= 11 is 12.6. The molecule has 0 saturated carbocycles. The lowest BCUT2D eigenvalue weighted by atomic mass is 10.1. The van der Waals surface area contributed by atoms with E-state index in [1.54, 1.807) is 12.1 Å². The van der Waals surface area contributed by atoms with Crippen molar-refractivity contribution in [1.29, 1.82) is 0 Å². The van der Waals surface area contributed by atoms with Crippen LogP contribution in [0.15, 0.2) is 27.7 Å². The van der Waals surface area contributed by atoms with Crippen LogP contribution in [-0.2, 0) is 17.6 Å². The first-order valence-corrected chi connectivity index (χ1v) is 9.46. The summed E-state index contributed by atoms with van der Waals surface area (Å²) in [5, 5.41) is 4.87. The average Bonchev–Trinajstić information content (AvgIpc) is 3.31. The number of hydrogen-bond acceptors (Lipinski definition) is 5. The molecule has 3 rings (SSSR count). The minimum Gasteiger partial charge on any atom is -0.490 e. The molecule has 5 nitrogen and oxygen atoms in total. The zero-order chi connectivity index (χ0) is 18.4. The fraction of sp³-hybridized carbons (Fsp3) is 0.421. The third-order valence-corrected chi connectivity index (χ3v) is 4.57. The maximum atomic E-state index is 6.30. The Bertz CT molecular complexity index is 751. The van der Waals surface area contributed by atoms with Crippen LogP contribution in [0.4, 0.5) is 0 Å². The molecule has 0 saturated heterocycles. The van der Waals surface area contributed by atoms with Gasteiger partial charge in [-0.05, 0) is 44.7 Å². The van der Waals surface area contributed by atoms with Gasteiger partial charge < -0.3 is 14.0 Å². The molecule has 7 heteroatoms. The van der Waals surface area contributed by atoms with E-state index in [1.807, 2.05) is 6.07 Å². The molecule has 1 aromatic carbocycles. The number of aromatic nitrogens is 1. The molecule has 139 valence electrons. The molecular weight excluding hydrogens is 375 g/mol. The highest BCUT2D eigenvalue weighted by molar-refractivity contribution is 6.37. The minimum absolute atomic E-state index is 0.466. The van der Waals surface area contributed by atoms with Gasteiger partial charge in [0.2, 0.25) is 5.90 Å². The Balaban J connectivity index is 1.43. The van der Waals surface area contributed by atoms with E-state index in [0.717, 1.165) is 42.7 Å². The van der Waals surface area contributed by atoms with E-state index >= 15 is 0 Å². The van der Waals surface area contributed by atoms with E-state index in [9.17, 15) is 0 Å². The largest absolute Gasteiger partial charge is 0.490 e. The average molecular weight is 396 g/mol. The van der Waals surface area contributed by atoms with Gasteiger partial charge >= 0.3 is 0 Å². The number of benzene rings is 1. The lowest BCUT2D eigenvalue weighted by Crippen LogP contribution is -2.03. The Morgan fingerprint density at radius 3 is 2.58 bits per heavy atom. The van der Waals surface area contributed by atoms with E-state index in [4.69, 9.17) is 37.2 Å². The molecule has 0 atom stereocenters. The Kier molecular flexibility index (Phi) is 6.80. The fourth-order valence-corrected chi connectivity index (χ4v) is 3.27. The van der Waals surface area contributed by atoms with Gasteiger partial charge in [-0.15, -0.1) is 0 Å². The summed E-state index contributed by atoms with van der Waals surface area (Å²) in [6.07, 6.45) is 4.44. The highest BCUT2D eigenvalue weighted by Crippen LogP contribution is 2.35. The van der Waals surface area contributed by atoms with Crippen LogP contribution >= 0.6 is 23.2 Å². The Morgan fingerprint density at radius 2 is 1.92 bits per heavy atom. The quantitative estimate of drug-likeness (QED) is 0.564. The second-order valence-corrected chi connectivity index (χ2v) is 6.81. The number of unbranched alkanes of at least 4 members (excludes halogenated alkanes) is 2. The molecule has 0 amide bonds. The van der Waals surface area contributed by atoms with Crippen molar-refractivity contribution < 1.29 is 14.0 Å². The summed E-state index contributed by atoms with van der Waals surface area (Å²) in [6.45, 7) is 5.59. The summed E-state index contributed by atoms with van der Waals surface area (Å²) < 4.78 is 16.4. The first-order valence-electron chi connectivity index (χ1n) is 8.70. The Morgan fingerprint density at radius 1 is 1.12 bits per heavy atom. The number of halogens is 2. The van der Waals surface area contributed by atoms with Crippen LogP contribution in [0.1, 0.15) is 36.3 Å². The highest BCUT2D eigenvalue weighted by atomic mass is 35.5. The van der Waals surface area contributed by atoms with E-state index in [2.05, 4.69) is 17.1 Å². The van der Waals surface area contributed by atoms with E-state index in [1.165, 1.54) is 0 Å². The Hall–Kier alpha value is -1.72. The molecule has 1 aliphatic heterocycles. The first kappa shape index (κ1) is 19.1. The molecule has 2 heterocycles. The molecule has 0 unspecified atom stereocenters. The highest BCUT2D eigenvalue weighted by Gasteiger charge is 2.16. The normalized spacial score (nSPS) is 13.6. The molecule has 2 aromatic rings. The van der Waals surface area contributed by atoms with Crippen molar-refractivity contribution in [1.82, 2.24) is 5.16 Å². The van der Waals surface area contributed by atoms with Gasteiger partial charge in [0.05, 0.1) is 28.9 Å². The minimum atomic E-state index is 0.466. The van der Waals surface area contributed by atoms with Crippen LogP contribution in [0.3, 0.4) is 0 Å². The molecular formula is C19H21Cl2N2O3. The maximum Gasteiger partial charge on any atom is 0.216 e. The SMILES string of the molecule is [CH2]Cc1cc(CCCCCOc2c(Cl)cc(C3=NCCO3)cc2Cl)on1. The topological polar surface area (TPSA) is 56.9 Å². The Labute approximate surface area is 163 Å². The van der Waals surface area contributed by atoms with Gasteiger partial charge in [-0.1, -0.05) is 28.4 Å². The number of aliphatic imine (C=N–C) groups is 1. The van der Waals surface area contributed by atoms with E-state index < -0.39 is 0 Å². The number of hydrogen-bond donors (Lipinski definition) is 0. The molecule has 0 N–H and O–H groups in total. The van der Waals surface area contributed by atoms with Crippen molar-refractivity contribution in [3.05, 3.63) is 52.2 Å². The van der Waals surface area contributed by atoms with Crippen molar-refractivity contribution in [3.63, 3.8) is 0 Å². The van der Waals surface area contributed by atoms with Crippen LogP contribution in [0.5, 0.6) is 5.75 Å². The smallest absolute Gasteiger partial charge is 0.216 e. The molecule has 0 bridgehead atoms. The van der Waals surface area contributed by atoms with Crippen molar-refractivity contribution in [2.45, 2.75) is 32.1 Å². The molecule has 26 heavy (non-hydrogen) atoms. The summed E-state index contributed by atoms with van der Waals surface area (Å²) in [5.74, 6) is 1.99. The zero-order valence-corrected chi connectivity index (χ0v) is 16.0. The molecule has 0 fully saturated rings. The van der Waals surface area contributed by atoms with Crippen LogP contribution in [0.25, 0.3) is 0 Å². The third-order valence-electron chi connectivity index (χ3n) is 4.01. The van der Waals surface area contributed by atoms with Gasteiger partial charge in [-0.25, -0.2) is 4.99 Å². The van der Waals surface area contributed by atoms with Gasteiger partial charge in [0.15, 0.2) is 5.75 Å². The number of rotatable bonds is 9. The van der Waals surface area contributed by atoms with Gasteiger partial charge in [0, 0.05) is 18.1 Å². The van der Waals surface area contributed by atoms with Crippen LogP contribution in [0.2, 0.25) is 10.0 Å². The van der Waals surface area contributed by atoms with Gasteiger partial charge in [-0.3, -0.25) is 0 Å². The molecule has 1 radical (unpaired) electrons. The van der Waals surface area contributed by atoms with Crippen LogP contribution < -0.4 is 4.74 Å². The second-order valence-electron chi connectivity index (χ2n) is 6.00. The van der Waals surface area contributed by atoms with Crippen molar-refractivity contribution in [3.8, 4) is 5.75 Å². The first-order chi connectivity index (χ1) is 12.7. The number of ether oxygens (including phenoxy) is 2. The lowest BCUT2D eigenvalue weighted by molar-refractivity contribution is 0.303. The molecule has 0 spiro atoms. The standard InChI is InChI=1S/C19H21Cl2N2O3/c1-2-14-12-15(26-23-14)6-4-3-5-8-24-18-16(20)10-13(11-17(18)21)19-22-7-9-25-19/h10-12H,1-9H2. The number of nitrogens with zero attached hydrogens (tertiary/aromatic N) is 2. The van der Waals surface area contributed by atoms with Crippen LogP contribution in [-0.4, -0.2) is 30.8 Å². The van der Waals surface area contributed by atoms with Crippen molar-refractivity contribution in [2.75, 3.05) is 19.8 Å². The van der Waals surface area contributed by atoms with Gasteiger partial charge in [0.1, 0.15) is 12.4 Å². The van der Waals surface area contributed by atoms with E-state index in [-0.39, 0.29) is 0 Å². The predicted octanol–water partition coefficient (Wildman–Crippen LogP) is 4.93. The van der Waals surface area contributed by atoms with Crippen molar-refractivity contribution >= 4 is 29.1 Å². The van der Waals surface area contributed by atoms with E-state index in [0.29, 0.717) is 47.9 Å². The zero-order valence-electron chi connectivity index (χ0n) is 14.5. The summed E-state index contributed by atoms with van der Waals surface area (Å²) in [4.78, 5) is 4.27. The third kappa shape index (κ3) is 4.92. The molecule has 1 aliphatic rings. The monoisotopic (exact) mass is 395 g/mol. The number of aryl methyl sites for hydroxylation is 1. The fourth-order valence-electron chi connectivity index (χ4n) is 2.67. The van der Waals surface area contributed by atoms with Crippen LogP contribution in [0, 0.1) is 6.92 Å². The summed E-state index contributed by atoms with van der Waals surface area (Å²) in [7, 11) is 0. The second kappa shape index (κ2) is 9.28. The maximum absolute atomic E-state index is 6.30. The molecule has 0 aliphatic carbocycles. The van der Waals surface area contributed by atoms with Gasteiger partial charge in [0.25, 0.3) is 0 Å². The lowest BCUT2D eigenvalue weighted by Gasteiger charge is -2.11. The van der Waals surface area contributed by atoms with Gasteiger partial charge in [-0.2, -0.15) is 0 Å². The summed E-state index contributed by atoms with van der Waals surface area (Å²) in [6, 6.07) is 5.51. The van der Waals surface area contributed by atoms with Crippen molar-refractivity contribution in [2.24, 2.45) is 4.99 Å². The molecule has 1 aromatic heterocycles.